The van der Waals surface area contributed by atoms with Gasteiger partial charge < -0.3 is 5.11 Å². The molecule has 1 heterocycles. The highest BCUT2D eigenvalue weighted by Crippen LogP contribution is 2.26. The molecule has 0 aliphatic heterocycles. The molecule has 0 saturated carbocycles. The third kappa shape index (κ3) is 4.93. The van der Waals surface area contributed by atoms with Crippen LogP contribution in [-0.4, -0.2) is 52.8 Å². The van der Waals surface area contributed by atoms with Crippen LogP contribution in [0.5, 0.6) is 0 Å². The van der Waals surface area contributed by atoms with Gasteiger partial charge in [0.15, 0.2) is 4.34 Å². The van der Waals surface area contributed by atoms with Gasteiger partial charge in [0.05, 0.1) is 5.75 Å². The standard InChI is InChI=1S/C8H14N4O4S3/c1-3-12(4-2)19(15,16)11-7-9-10-8(18-7)17-5-6(13)14/h3-5H2,1-2H3,(H,9,11)(H,13,14). The van der Waals surface area contributed by atoms with Crippen LogP contribution in [0.3, 0.4) is 0 Å². The van der Waals surface area contributed by atoms with Crippen LogP contribution in [-0.2, 0) is 15.0 Å². The number of carboxylic acids is 1. The second-order valence-electron chi connectivity index (χ2n) is 3.25. The molecule has 0 saturated heterocycles. The number of aromatic nitrogens is 2. The first-order valence-corrected chi connectivity index (χ1v) is 8.59. The van der Waals surface area contributed by atoms with Gasteiger partial charge in [-0.2, -0.15) is 12.7 Å². The highest BCUT2D eigenvalue weighted by molar-refractivity contribution is 8.01. The maximum atomic E-state index is 11.9. The van der Waals surface area contributed by atoms with E-state index in [2.05, 4.69) is 14.9 Å². The monoisotopic (exact) mass is 326 g/mol. The number of hydrogen-bond acceptors (Lipinski definition) is 7. The van der Waals surface area contributed by atoms with E-state index in [-0.39, 0.29) is 10.9 Å². The Hall–Kier alpha value is -0.910. The number of nitrogens with one attached hydrogen (secondary N) is 1. The lowest BCUT2D eigenvalue weighted by Gasteiger charge is -2.17. The predicted molar refractivity (Wildman–Crippen MR) is 73.7 cm³/mol. The summed E-state index contributed by atoms with van der Waals surface area (Å²) in [4.78, 5) is 10.4. The summed E-state index contributed by atoms with van der Waals surface area (Å²) in [7, 11) is -3.63. The molecular formula is C8H14N4O4S3. The molecule has 0 bridgehead atoms. The van der Waals surface area contributed by atoms with Crippen molar-refractivity contribution in [1.29, 1.82) is 0 Å². The van der Waals surface area contributed by atoms with Crippen LogP contribution < -0.4 is 4.72 Å². The molecule has 1 aromatic heterocycles. The Morgan fingerprint density at radius 1 is 1.42 bits per heavy atom. The van der Waals surface area contributed by atoms with Crippen molar-refractivity contribution in [2.45, 2.75) is 18.2 Å². The largest absolute Gasteiger partial charge is 0.481 e. The van der Waals surface area contributed by atoms with Crippen molar-refractivity contribution >= 4 is 44.4 Å². The molecule has 0 spiro atoms. The van der Waals surface area contributed by atoms with E-state index in [1.807, 2.05) is 0 Å². The smallest absolute Gasteiger partial charge is 0.313 e. The van der Waals surface area contributed by atoms with Crippen molar-refractivity contribution in [2.24, 2.45) is 0 Å². The summed E-state index contributed by atoms with van der Waals surface area (Å²) in [6.07, 6.45) is 0. The summed E-state index contributed by atoms with van der Waals surface area (Å²) in [5.41, 5.74) is 0. The Kier molecular flexibility index (Phi) is 5.97. The number of carboxylic acid groups (broad SMARTS) is 1. The molecule has 0 unspecified atom stereocenters. The van der Waals surface area contributed by atoms with Crippen molar-refractivity contribution < 1.29 is 18.3 Å². The van der Waals surface area contributed by atoms with Crippen LogP contribution in [0.25, 0.3) is 0 Å². The Bertz CT molecular complexity index is 526. The second-order valence-corrected chi connectivity index (χ2v) is 7.12. The van der Waals surface area contributed by atoms with Crippen molar-refractivity contribution in [3.8, 4) is 0 Å². The van der Waals surface area contributed by atoms with Gasteiger partial charge in [0.2, 0.25) is 5.13 Å². The van der Waals surface area contributed by atoms with E-state index in [9.17, 15) is 13.2 Å². The van der Waals surface area contributed by atoms with Gasteiger partial charge in [0.25, 0.3) is 0 Å². The van der Waals surface area contributed by atoms with Crippen LogP contribution in [0.15, 0.2) is 4.34 Å². The minimum atomic E-state index is -3.63. The van der Waals surface area contributed by atoms with Crippen molar-refractivity contribution in [3.05, 3.63) is 0 Å². The van der Waals surface area contributed by atoms with Gasteiger partial charge >= 0.3 is 16.2 Å². The number of hydrogen-bond donors (Lipinski definition) is 2. The number of carbonyl (C=O) groups is 1. The second kappa shape index (κ2) is 7.03. The lowest BCUT2D eigenvalue weighted by Crippen LogP contribution is -2.35. The minimum absolute atomic E-state index is 0.125. The number of rotatable bonds is 8. The summed E-state index contributed by atoms with van der Waals surface area (Å²) in [5, 5.41) is 16.0. The maximum Gasteiger partial charge on any atom is 0.313 e. The molecule has 11 heteroatoms. The van der Waals surface area contributed by atoms with Gasteiger partial charge in [-0.05, 0) is 0 Å². The van der Waals surface area contributed by atoms with Gasteiger partial charge in [0, 0.05) is 13.1 Å². The number of thioether (sulfide) groups is 1. The first-order valence-electron chi connectivity index (χ1n) is 5.35. The molecule has 1 rings (SSSR count). The molecule has 19 heavy (non-hydrogen) atoms. The summed E-state index contributed by atoms with van der Waals surface area (Å²) in [6, 6.07) is 0. The summed E-state index contributed by atoms with van der Waals surface area (Å²) < 4.78 is 27.7. The van der Waals surface area contributed by atoms with Crippen LogP contribution in [0.4, 0.5) is 5.13 Å². The first-order chi connectivity index (χ1) is 8.89. The number of anilines is 1. The molecule has 8 nitrogen and oxygen atoms in total. The third-order valence-electron chi connectivity index (χ3n) is 1.99. The topological polar surface area (TPSA) is 112 Å². The fraction of sp³-hybridized carbons (Fsp3) is 0.625. The van der Waals surface area contributed by atoms with Gasteiger partial charge in [-0.15, -0.1) is 10.2 Å². The number of aliphatic carboxylic acids is 1. The zero-order chi connectivity index (χ0) is 14.5. The average Bonchev–Trinajstić information content (AvgIpc) is 2.74. The number of nitrogens with zero attached hydrogens (tertiary/aromatic N) is 3. The Labute approximate surface area is 119 Å². The quantitative estimate of drug-likeness (QED) is 0.677. The normalized spacial score (nSPS) is 11.7. The average molecular weight is 326 g/mol. The van der Waals surface area contributed by atoms with Crippen molar-refractivity contribution in [2.75, 3.05) is 23.6 Å². The Morgan fingerprint density at radius 3 is 2.58 bits per heavy atom. The van der Waals surface area contributed by atoms with E-state index >= 15 is 0 Å². The maximum absolute atomic E-state index is 11.9. The molecule has 0 aromatic carbocycles. The molecular weight excluding hydrogens is 312 g/mol. The van der Waals surface area contributed by atoms with E-state index in [0.717, 1.165) is 23.1 Å². The fourth-order valence-corrected chi connectivity index (χ4v) is 4.05. The van der Waals surface area contributed by atoms with Crippen LogP contribution in [0.1, 0.15) is 13.8 Å². The summed E-state index contributed by atoms with van der Waals surface area (Å²) >= 11 is 1.99. The molecule has 0 aliphatic rings. The van der Waals surface area contributed by atoms with E-state index < -0.39 is 16.2 Å². The molecule has 2 N–H and O–H groups in total. The molecule has 108 valence electrons. The van der Waals surface area contributed by atoms with Crippen LogP contribution in [0, 0.1) is 0 Å². The minimum Gasteiger partial charge on any atom is -0.481 e. The Balaban J connectivity index is 2.70. The third-order valence-corrected chi connectivity index (χ3v) is 5.72. The predicted octanol–water partition coefficient (Wildman–Crippen LogP) is 0.713. The first kappa shape index (κ1) is 16.1. The molecule has 0 amide bonds. The Morgan fingerprint density at radius 2 is 2.05 bits per heavy atom. The zero-order valence-corrected chi connectivity index (χ0v) is 12.8. The van der Waals surface area contributed by atoms with E-state index in [1.54, 1.807) is 13.8 Å². The van der Waals surface area contributed by atoms with Crippen LogP contribution in [0.2, 0.25) is 0 Å². The molecule has 0 atom stereocenters. The highest BCUT2D eigenvalue weighted by atomic mass is 32.2. The van der Waals surface area contributed by atoms with E-state index in [0.29, 0.717) is 17.4 Å². The lowest BCUT2D eigenvalue weighted by molar-refractivity contribution is -0.133. The molecule has 0 fully saturated rings. The highest BCUT2D eigenvalue weighted by Gasteiger charge is 2.20. The molecule has 0 aliphatic carbocycles. The van der Waals surface area contributed by atoms with Crippen LogP contribution >= 0.6 is 23.1 Å². The van der Waals surface area contributed by atoms with Crippen molar-refractivity contribution in [1.82, 2.24) is 14.5 Å². The van der Waals surface area contributed by atoms with E-state index in [1.165, 1.54) is 4.31 Å². The van der Waals surface area contributed by atoms with Gasteiger partial charge in [0.1, 0.15) is 0 Å². The lowest BCUT2D eigenvalue weighted by atomic mass is 10.7. The fourth-order valence-electron chi connectivity index (χ4n) is 1.17. The zero-order valence-electron chi connectivity index (χ0n) is 10.4. The van der Waals surface area contributed by atoms with Crippen molar-refractivity contribution in [3.63, 3.8) is 0 Å². The van der Waals surface area contributed by atoms with E-state index in [4.69, 9.17) is 5.11 Å². The van der Waals surface area contributed by atoms with Gasteiger partial charge in [-0.1, -0.05) is 36.9 Å². The summed E-state index contributed by atoms with van der Waals surface area (Å²) in [5.74, 6) is -1.11. The summed E-state index contributed by atoms with van der Waals surface area (Å²) in [6.45, 7) is 4.17. The van der Waals surface area contributed by atoms with Gasteiger partial charge in [-0.3, -0.25) is 4.79 Å². The SMILES string of the molecule is CCN(CC)S(=O)(=O)Nc1nnc(SCC(=O)O)s1. The van der Waals surface area contributed by atoms with Gasteiger partial charge in [-0.25, -0.2) is 4.72 Å². The molecule has 1 aromatic rings. The molecule has 0 radical (unpaired) electrons.